The van der Waals surface area contributed by atoms with Gasteiger partial charge in [-0.15, -0.1) is 0 Å². The number of rotatable bonds is 5. The molecule has 2 rings (SSSR count). The molecule has 0 saturated carbocycles. The Morgan fingerprint density at radius 2 is 1.95 bits per heavy atom. The second-order valence-corrected chi connectivity index (χ2v) is 4.76. The van der Waals surface area contributed by atoms with Crippen molar-refractivity contribution in [1.29, 1.82) is 5.26 Å². The summed E-state index contributed by atoms with van der Waals surface area (Å²) in [5.41, 5.74) is 1.18. The van der Waals surface area contributed by atoms with Crippen LogP contribution in [-0.2, 0) is 0 Å². The quantitative estimate of drug-likeness (QED) is 0.759. The average Bonchev–Trinajstić information content (AvgIpc) is 2.48. The summed E-state index contributed by atoms with van der Waals surface area (Å²) in [7, 11) is 1.72. The van der Waals surface area contributed by atoms with Crippen LogP contribution in [0.25, 0.3) is 0 Å². The fourth-order valence-corrected chi connectivity index (χ4v) is 2.49. The van der Waals surface area contributed by atoms with E-state index in [1.807, 2.05) is 12.1 Å². The molecule has 1 aliphatic heterocycles. The summed E-state index contributed by atoms with van der Waals surface area (Å²) in [4.78, 5) is 4.81. The SMILES string of the molecule is COc1ccccc1N1CCN(CCCC#N)CC1. The molecule has 0 amide bonds. The summed E-state index contributed by atoms with van der Waals surface area (Å²) in [6.07, 6.45) is 1.64. The molecular formula is C15H21N3O. The van der Waals surface area contributed by atoms with Gasteiger partial charge in [-0.3, -0.25) is 4.90 Å². The molecule has 4 nitrogen and oxygen atoms in total. The van der Waals surface area contributed by atoms with E-state index in [0.29, 0.717) is 6.42 Å². The van der Waals surface area contributed by atoms with Crippen molar-refractivity contribution in [2.45, 2.75) is 12.8 Å². The highest BCUT2D eigenvalue weighted by atomic mass is 16.5. The summed E-state index contributed by atoms with van der Waals surface area (Å²) < 4.78 is 5.41. The number of piperazine rings is 1. The maximum atomic E-state index is 8.55. The number of unbranched alkanes of at least 4 members (excludes halogenated alkanes) is 1. The van der Waals surface area contributed by atoms with E-state index < -0.39 is 0 Å². The van der Waals surface area contributed by atoms with Crippen molar-refractivity contribution in [2.24, 2.45) is 0 Å². The fraction of sp³-hybridized carbons (Fsp3) is 0.533. The normalized spacial score (nSPS) is 16.1. The number of nitriles is 1. The molecule has 1 saturated heterocycles. The standard InChI is InChI=1S/C15H21N3O/c1-19-15-7-3-2-6-14(15)18-12-10-17(11-13-18)9-5-4-8-16/h2-3,6-7H,4-5,9-13H2,1H3. The third kappa shape index (κ3) is 3.62. The zero-order chi connectivity index (χ0) is 13.5. The van der Waals surface area contributed by atoms with Crippen LogP contribution in [0.4, 0.5) is 5.69 Å². The number of anilines is 1. The molecule has 0 unspecified atom stereocenters. The van der Waals surface area contributed by atoms with Crippen molar-refractivity contribution in [3.63, 3.8) is 0 Å². The number of hydrogen-bond donors (Lipinski definition) is 0. The Labute approximate surface area is 115 Å². The zero-order valence-electron chi connectivity index (χ0n) is 11.5. The zero-order valence-corrected chi connectivity index (χ0v) is 11.5. The average molecular weight is 259 g/mol. The minimum Gasteiger partial charge on any atom is -0.495 e. The van der Waals surface area contributed by atoms with Gasteiger partial charge in [-0.1, -0.05) is 12.1 Å². The predicted octanol–water partition coefficient (Wildman–Crippen LogP) is 2.12. The van der Waals surface area contributed by atoms with Crippen LogP contribution in [0.5, 0.6) is 5.75 Å². The van der Waals surface area contributed by atoms with Gasteiger partial charge in [0.2, 0.25) is 0 Å². The summed E-state index contributed by atoms with van der Waals surface area (Å²) >= 11 is 0. The smallest absolute Gasteiger partial charge is 0.142 e. The van der Waals surface area contributed by atoms with Crippen LogP contribution in [0, 0.1) is 11.3 Å². The van der Waals surface area contributed by atoms with Gasteiger partial charge in [0.25, 0.3) is 0 Å². The number of methoxy groups -OCH3 is 1. The van der Waals surface area contributed by atoms with Gasteiger partial charge in [-0.2, -0.15) is 5.26 Å². The van der Waals surface area contributed by atoms with Gasteiger partial charge < -0.3 is 9.64 Å². The number of para-hydroxylation sites is 2. The first-order valence-corrected chi connectivity index (χ1v) is 6.82. The van der Waals surface area contributed by atoms with E-state index in [9.17, 15) is 0 Å². The molecule has 0 atom stereocenters. The van der Waals surface area contributed by atoms with E-state index in [2.05, 4.69) is 28.0 Å². The van der Waals surface area contributed by atoms with Crippen molar-refractivity contribution in [1.82, 2.24) is 4.90 Å². The van der Waals surface area contributed by atoms with Crippen molar-refractivity contribution in [3.8, 4) is 11.8 Å². The van der Waals surface area contributed by atoms with Crippen molar-refractivity contribution < 1.29 is 4.74 Å². The molecule has 0 spiro atoms. The lowest BCUT2D eigenvalue weighted by Gasteiger charge is -2.36. The van der Waals surface area contributed by atoms with Crippen molar-refractivity contribution >= 4 is 5.69 Å². The third-order valence-electron chi connectivity index (χ3n) is 3.56. The second kappa shape index (κ2) is 7.01. The second-order valence-electron chi connectivity index (χ2n) is 4.76. The van der Waals surface area contributed by atoms with Crippen LogP contribution < -0.4 is 9.64 Å². The molecule has 1 aromatic carbocycles. The van der Waals surface area contributed by atoms with E-state index in [0.717, 1.165) is 44.9 Å². The molecule has 0 bridgehead atoms. The highest BCUT2D eigenvalue weighted by Crippen LogP contribution is 2.28. The molecule has 0 aliphatic carbocycles. The van der Waals surface area contributed by atoms with Crippen molar-refractivity contribution in [3.05, 3.63) is 24.3 Å². The number of ether oxygens (including phenoxy) is 1. The fourth-order valence-electron chi connectivity index (χ4n) is 2.49. The first-order chi connectivity index (χ1) is 9.35. The van der Waals surface area contributed by atoms with E-state index in [-0.39, 0.29) is 0 Å². The summed E-state index contributed by atoms with van der Waals surface area (Å²) in [6, 6.07) is 10.4. The number of benzene rings is 1. The Kier molecular flexibility index (Phi) is 5.05. The molecular weight excluding hydrogens is 238 g/mol. The van der Waals surface area contributed by atoms with Gasteiger partial charge in [0.1, 0.15) is 5.75 Å². The molecule has 0 aromatic heterocycles. The van der Waals surface area contributed by atoms with E-state index in [4.69, 9.17) is 10.00 Å². The van der Waals surface area contributed by atoms with Crippen LogP contribution in [-0.4, -0.2) is 44.7 Å². The van der Waals surface area contributed by atoms with Crippen LogP contribution in [0.2, 0.25) is 0 Å². The van der Waals surface area contributed by atoms with Crippen LogP contribution in [0.1, 0.15) is 12.8 Å². The molecule has 0 radical (unpaired) electrons. The molecule has 102 valence electrons. The first-order valence-electron chi connectivity index (χ1n) is 6.82. The van der Waals surface area contributed by atoms with Crippen LogP contribution in [0.15, 0.2) is 24.3 Å². The topological polar surface area (TPSA) is 39.5 Å². The van der Waals surface area contributed by atoms with Crippen LogP contribution in [0.3, 0.4) is 0 Å². The van der Waals surface area contributed by atoms with E-state index in [1.165, 1.54) is 5.69 Å². The minimum absolute atomic E-state index is 0.659. The highest BCUT2D eigenvalue weighted by Gasteiger charge is 2.18. The lowest BCUT2D eigenvalue weighted by molar-refractivity contribution is 0.255. The predicted molar refractivity (Wildman–Crippen MR) is 76.5 cm³/mol. The van der Waals surface area contributed by atoms with Gasteiger partial charge in [0.05, 0.1) is 18.9 Å². The third-order valence-corrected chi connectivity index (χ3v) is 3.56. The number of hydrogen-bond acceptors (Lipinski definition) is 4. The van der Waals surface area contributed by atoms with Gasteiger partial charge in [0, 0.05) is 32.6 Å². The molecule has 1 fully saturated rings. The summed E-state index contributed by atoms with van der Waals surface area (Å²) in [6.45, 7) is 5.19. The van der Waals surface area contributed by atoms with Gasteiger partial charge in [-0.05, 0) is 25.1 Å². The lowest BCUT2D eigenvalue weighted by atomic mass is 10.2. The molecule has 19 heavy (non-hydrogen) atoms. The molecule has 1 aromatic rings. The summed E-state index contributed by atoms with van der Waals surface area (Å²) in [5.74, 6) is 0.945. The largest absolute Gasteiger partial charge is 0.495 e. The monoisotopic (exact) mass is 259 g/mol. The van der Waals surface area contributed by atoms with Gasteiger partial charge in [-0.25, -0.2) is 0 Å². The van der Waals surface area contributed by atoms with Gasteiger partial charge in [0.15, 0.2) is 0 Å². The van der Waals surface area contributed by atoms with Crippen LogP contribution >= 0.6 is 0 Å². The maximum Gasteiger partial charge on any atom is 0.142 e. The molecule has 0 N–H and O–H groups in total. The first kappa shape index (κ1) is 13.7. The Balaban J connectivity index is 1.87. The number of nitrogens with zero attached hydrogens (tertiary/aromatic N) is 3. The maximum absolute atomic E-state index is 8.55. The molecule has 4 heteroatoms. The Bertz CT molecular complexity index is 433. The van der Waals surface area contributed by atoms with Crippen molar-refractivity contribution in [2.75, 3.05) is 44.7 Å². The van der Waals surface area contributed by atoms with Gasteiger partial charge >= 0.3 is 0 Å². The molecule has 1 heterocycles. The highest BCUT2D eigenvalue weighted by molar-refractivity contribution is 5.58. The Hall–Kier alpha value is -1.73. The molecule has 1 aliphatic rings. The Morgan fingerprint density at radius 1 is 1.21 bits per heavy atom. The minimum atomic E-state index is 0.659. The lowest BCUT2D eigenvalue weighted by Crippen LogP contribution is -2.46. The summed E-state index contributed by atoms with van der Waals surface area (Å²) in [5, 5.41) is 8.55. The van der Waals surface area contributed by atoms with E-state index >= 15 is 0 Å². The van der Waals surface area contributed by atoms with E-state index in [1.54, 1.807) is 7.11 Å². The Morgan fingerprint density at radius 3 is 2.63 bits per heavy atom.